The predicted octanol–water partition coefficient (Wildman–Crippen LogP) is 17.9. The summed E-state index contributed by atoms with van der Waals surface area (Å²) >= 11 is 0. The first-order chi connectivity index (χ1) is 37.2. The summed E-state index contributed by atoms with van der Waals surface area (Å²) in [6.45, 7) is 9.59. The molecule has 76 heavy (non-hydrogen) atoms. The smallest absolute Gasteiger partial charge is 0.0541 e. The highest BCUT2D eigenvalue weighted by molar-refractivity contribution is 5.96. The van der Waals surface area contributed by atoms with E-state index in [2.05, 4.69) is 274 Å². The molecule has 2 nitrogen and oxygen atoms in total. The third-order valence-electron chi connectivity index (χ3n) is 18.3. The van der Waals surface area contributed by atoms with Crippen molar-refractivity contribution in [2.24, 2.45) is 0 Å². The zero-order valence-electron chi connectivity index (χ0n) is 43.8. The van der Waals surface area contributed by atoms with Gasteiger partial charge in [0.15, 0.2) is 0 Å². The molecule has 366 valence electrons. The van der Waals surface area contributed by atoms with Crippen LogP contribution in [0, 0.1) is 0 Å². The van der Waals surface area contributed by atoms with Crippen molar-refractivity contribution in [3.05, 3.63) is 274 Å². The Kier molecular flexibility index (Phi) is 10.1. The van der Waals surface area contributed by atoms with Crippen LogP contribution < -0.4 is 15.5 Å². The number of benzene rings is 10. The Morgan fingerprint density at radius 3 is 1.78 bits per heavy atom. The first-order valence-corrected chi connectivity index (χ1v) is 27.6. The maximum absolute atomic E-state index is 2.58. The van der Waals surface area contributed by atoms with Crippen LogP contribution in [0.3, 0.4) is 0 Å². The van der Waals surface area contributed by atoms with E-state index in [1.165, 1.54) is 116 Å². The number of anilines is 3. The van der Waals surface area contributed by atoms with Gasteiger partial charge < -0.3 is 9.47 Å². The van der Waals surface area contributed by atoms with Gasteiger partial charge in [0.2, 0.25) is 0 Å². The summed E-state index contributed by atoms with van der Waals surface area (Å²) < 4.78 is 2.55. The first kappa shape index (κ1) is 45.0. The molecule has 4 aliphatic rings. The molecule has 0 radical (unpaired) electrons. The Hall–Kier alpha value is -8.46. The molecule has 0 N–H and O–H groups in total. The Morgan fingerprint density at radius 1 is 0.421 bits per heavy atom. The van der Waals surface area contributed by atoms with Crippen molar-refractivity contribution < 1.29 is 0 Å². The van der Waals surface area contributed by atoms with E-state index >= 15 is 0 Å². The summed E-state index contributed by atoms with van der Waals surface area (Å²) in [7, 11) is 0. The minimum Gasteiger partial charge on any atom is -0.310 e. The largest absolute Gasteiger partial charge is 0.310 e. The van der Waals surface area contributed by atoms with E-state index in [9.17, 15) is 0 Å². The van der Waals surface area contributed by atoms with E-state index in [1.807, 2.05) is 0 Å². The maximum atomic E-state index is 2.58. The highest BCUT2D eigenvalue weighted by atomic mass is 15.1. The van der Waals surface area contributed by atoms with Crippen molar-refractivity contribution in [3.63, 3.8) is 0 Å². The molecule has 0 amide bonds. The van der Waals surface area contributed by atoms with Gasteiger partial charge in [0.25, 0.3) is 0 Å². The summed E-state index contributed by atoms with van der Waals surface area (Å²) in [5.74, 6) is 1.06. The van der Waals surface area contributed by atoms with Gasteiger partial charge in [0.05, 0.1) is 11.2 Å². The number of aromatic nitrogens is 1. The summed E-state index contributed by atoms with van der Waals surface area (Å²) in [5.41, 5.74) is 23.7. The van der Waals surface area contributed by atoms with Crippen LogP contribution in [0.25, 0.3) is 72.9 Å². The molecule has 15 rings (SSSR count). The summed E-state index contributed by atoms with van der Waals surface area (Å²) in [6.07, 6.45) is 8.12. The van der Waals surface area contributed by atoms with Crippen LogP contribution in [-0.2, 0) is 10.8 Å². The van der Waals surface area contributed by atoms with E-state index in [0.29, 0.717) is 17.8 Å². The molecular formula is C74H60N2. The third-order valence-corrected chi connectivity index (χ3v) is 18.3. The molecule has 0 aliphatic heterocycles. The monoisotopic (exact) mass is 976 g/mol. The van der Waals surface area contributed by atoms with Crippen LogP contribution >= 0.6 is 0 Å². The van der Waals surface area contributed by atoms with Crippen molar-refractivity contribution >= 4 is 50.9 Å². The Labute approximate surface area is 446 Å². The summed E-state index contributed by atoms with van der Waals surface area (Å²) in [4.78, 5) is 2.49. The normalized spacial score (nSPS) is 18.1. The molecule has 3 unspecified atom stereocenters. The molecule has 4 aliphatic carbocycles. The van der Waals surface area contributed by atoms with Gasteiger partial charge in [-0.05, 0) is 175 Å². The molecule has 1 saturated carbocycles. The molecule has 1 fully saturated rings. The second-order valence-corrected chi connectivity index (χ2v) is 23.1. The van der Waals surface area contributed by atoms with Gasteiger partial charge in [-0.3, -0.25) is 0 Å². The Balaban J connectivity index is 0.905. The molecule has 0 saturated heterocycles. The number of nitrogens with zero attached hydrogens (tertiary/aromatic N) is 2. The van der Waals surface area contributed by atoms with Crippen LogP contribution in [0.2, 0.25) is 0 Å². The van der Waals surface area contributed by atoms with Gasteiger partial charge in [0, 0.05) is 49.4 Å². The zero-order chi connectivity index (χ0) is 50.9. The topological polar surface area (TPSA) is 8.17 Å². The third kappa shape index (κ3) is 6.79. The lowest BCUT2D eigenvalue weighted by Gasteiger charge is -2.46. The molecule has 1 aromatic heterocycles. The van der Waals surface area contributed by atoms with E-state index in [1.54, 1.807) is 0 Å². The minimum atomic E-state index is -0.0876. The molecular weight excluding hydrogens is 917 g/mol. The van der Waals surface area contributed by atoms with E-state index in [-0.39, 0.29) is 10.8 Å². The van der Waals surface area contributed by atoms with E-state index in [4.69, 9.17) is 0 Å². The number of rotatable bonds is 8. The van der Waals surface area contributed by atoms with Crippen LogP contribution in [0.4, 0.5) is 17.1 Å². The van der Waals surface area contributed by atoms with E-state index < -0.39 is 0 Å². The van der Waals surface area contributed by atoms with Gasteiger partial charge in [-0.15, -0.1) is 0 Å². The summed E-state index contributed by atoms with van der Waals surface area (Å²) in [6, 6.07) is 85.5. The average molecular weight is 977 g/mol. The molecule has 11 aromatic rings. The van der Waals surface area contributed by atoms with Crippen molar-refractivity contribution in [2.45, 2.75) is 75.5 Å². The second kappa shape index (κ2) is 17.0. The van der Waals surface area contributed by atoms with Crippen molar-refractivity contribution in [3.8, 4) is 39.1 Å². The highest BCUT2D eigenvalue weighted by Crippen LogP contribution is 2.60. The van der Waals surface area contributed by atoms with Crippen LogP contribution in [0.15, 0.2) is 224 Å². The molecule has 0 bridgehead atoms. The lowest BCUT2D eigenvalue weighted by Crippen LogP contribution is -2.31. The fourth-order valence-electron chi connectivity index (χ4n) is 14.4. The SMILES string of the molecule is CC1(C)c2ccccc2-c2ccc(C3CC(c4ccc(N(c5ccccc5)c5ccc6ccccc6c5)c(-c5ccc6c(c5)c5c(n6-c6ccc7c(c6)C(C)(C)c6ccccc6-7)=CCCC=5)c4)C3c3ccccc3)cc21. The number of para-hydroxylation sites is 1. The molecule has 3 atom stereocenters. The first-order valence-electron chi connectivity index (χ1n) is 27.6. The Morgan fingerprint density at radius 2 is 1.03 bits per heavy atom. The van der Waals surface area contributed by atoms with Gasteiger partial charge in [0.1, 0.15) is 0 Å². The van der Waals surface area contributed by atoms with Crippen LogP contribution in [-0.4, -0.2) is 4.57 Å². The Bertz CT molecular complexity index is 4290. The lowest BCUT2D eigenvalue weighted by molar-refractivity contribution is 0.285. The van der Waals surface area contributed by atoms with Crippen molar-refractivity contribution in [2.75, 3.05) is 4.90 Å². The zero-order valence-corrected chi connectivity index (χ0v) is 43.8. The summed E-state index contributed by atoms with van der Waals surface area (Å²) in [5, 5.41) is 6.40. The van der Waals surface area contributed by atoms with Crippen LogP contribution in [0.5, 0.6) is 0 Å². The number of hydrogen-bond acceptors (Lipinski definition) is 1. The minimum absolute atomic E-state index is 0.0462. The predicted molar refractivity (Wildman–Crippen MR) is 319 cm³/mol. The number of hydrogen-bond donors (Lipinski definition) is 0. The van der Waals surface area contributed by atoms with Gasteiger partial charge in [-0.25, -0.2) is 0 Å². The molecule has 0 spiro atoms. The van der Waals surface area contributed by atoms with Gasteiger partial charge in [-0.2, -0.15) is 0 Å². The van der Waals surface area contributed by atoms with E-state index in [0.717, 1.165) is 30.6 Å². The van der Waals surface area contributed by atoms with Crippen molar-refractivity contribution in [1.29, 1.82) is 0 Å². The highest BCUT2D eigenvalue weighted by Gasteiger charge is 2.45. The maximum Gasteiger partial charge on any atom is 0.0541 e. The number of fused-ring (bicyclic) bond motifs is 10. The molecule has 2 heteroatoms. The lowest BCUT2D eigenvalue weighted by atomic mass is 9.57. The van der Waals surface area contributed by atoms with Crippen LogP contribution in [0.1, 0.15) is 104 Å². The average Bonchev–Trinajstić information content (AvgIpc) is 4.02. The molecule has 1 heterocycles. The van der Waals surface area contributed by atoms with Gasteiger partial charge in [-0.1, -0.05) is 204 Å². The van der Waals surface area contributed by atoms with Crippen molar-refractivity contribution in [1.82, 2.24) is 4.57 Å². The fraction of sp³-hybridized carbons (Fsp3) is 0.162. The molecule has 10 aromatic carbocycles. The second-order valence-electron chi connectivity index (χ2n) is 23.1. The fourth-order valence-corrected chi connectivity index (χ4v) is 14.4. The standard InChI is InChI=1S/C74H60N2/c1-73(2)65-28-16-13-25-56(65)58-37-32-52(44-67(58)73)63-46-62(72(63)48-20-7-5-8-21-48)51-34-39-70(75(53-23-9-6-10-24-53)54-35-31-47-19-11-12-22-49(47)41-54)61(42-51)50-33-40-71-64(43-50)60-27-15-18-30-69(60)76(71)55-36-38-59-57-26-14-17-29-66(57)74(3,4)68(59)45-55/h5-14,16-17,19-45,62-63,72H,15,18,46H2,1-4H3. The quantitative estimate of drug-likeness (QED) is 0.147. The van der Waals surface area contributed by atoms with Gasteiger partial charge >= 0.3 is 0 Å².